The third kappa shape index (κ3) is 2.89. The van der Waals surface area contributed by atoms with E-state index < -0.39 is 5.60 Å². The van der Waals surface area contributed by atoms with Crippen LogP contribution in [0.2, 0.25) is 0 Å². The molecule has 6 rings (SSSR count). The standard InChI is InChI=1S/C28H22N2O3/c1-2-30(20-10-4-3-5-11-20)29-19-16-17-26-24(18-19)28(23-14-8-9-15-25(23)32-26)22-13-7-6-12-21(22)27(31)33-28/h3-18,29H,2H2,1H3. The van der Waals surface area contributed by atoms with Gasteiger partial charge in [0, 0.05) is 23.2 Å². The molecule has 1 unspecified atom stereocenters. The maximum Gasteiger partial charge on any atom is 0.340 e. The molecule has 2 aliphatic heterocycles. The minimum Gasteiger partial charge on any atom is -0.456 e. The number of nitrogens with zero attached hydrogens (tertiary/aromatic N) is 1. The first kappa shape index (κ1) is 19.4. The van der Waals surface area contributed by atoms with E-state index in [0.717, 1.165) is 34.6 Å². The van der Waals surface area contributed by atoms with Crippen molar-refractivity contribution in [3.05, 3.63) is 119 Å². The van der Waals surface area contributed by atoms with Gasteiger partial charge < -0.3 is 9.47 Å². The quantitative estimate of drug-likeness (QED) is 0.310. The maximum atomic E-state index is 13.0. The van der Waals surface area contributed by atoms with Crippen LogP contribution in [0.5, 0.6) is 11.5 Å². The minimum atomic E-state index is -1.06. The minimum absolute atomic E-state index is 0.328. The topological polar surface area (TPSA) is 50.8 Å². The molecule has 0 radical (unpaired) electrons. The zero-order valence-electron chi connectivity index (χ0n) is 18.1. The van der Waals surface area contributed by atoms with Gasteiger partial charge in [0.2, 0.25) is 0 Å². The van der Waals surface area contributed by atoms with Gasteiger partial charge in [-0.2, -0.15) is 0 Å². The van der Waals surface area contributed by atoms with Crippen LogP contribution in [0.1, 0.15) is 34.0 Å². The third-order valence-corrected chi connectivity index (χ3v) is 6.27. The zero-order valence-corrected chi connectivity index (χ0v) is 18.1. The summed E-state index contributed by atoms with van der Waals surface area (Å²) in [6, 6.07) is 31.4. The summed E-state index contributed by atoms with van der Waals surface area (Å²) in [6.45, 7) is 2.86. The molecule has 2 heterocycles. The van der Waals surface area contributed by atoms with Crippen molar-refractivity contribution in [2.75, 3.05) is 17.0 Å². The molecule has 0 saturated heterocycles. The van der Waals surface area contributed by atoms with Gasteiger partial charge >= 0.3 is 5.97 Å². The molecule has 1 spiro atoms. The molecule has 0 amide bonds. The third-order valence-electron chi connectivity index (χ3n) is 6.27. The SMILES string of the molecule is CCN(Nc1ccc2c(c1)C1(OC(=O)c3ccccc31)c1ccccc1O2)c1ccccc1. The number of rotatable bonds is 4. The molecule has 0 aliphatic carbocycles. The summed E-state index contributed by atoms with van der Waals surface area (Å²) in [5.41, 5.74) is 7.42. The Bertz CT molecular complexity index is 1370. The van der Waals surface area contributed by atoms with Crippen molar-refractivity contribution in [2.45, 2.75) is 12.5 Å². The highest BCUT2D eigenvalue weighted by atomic mass is 16.6. The van der Waals surface area contributed by atoms with Crippen molar-refractivity contribution in [1.29, 1.82) is 0 Å². The van der Waals surface area contributed by atoms with Gasteiger partial charge in [-0.15, -0.1) is 0 Å². The lowest BCUT2D eigenvalue weighted by Gasteiger charge is -2.37. The lowest BCUT2D eigenvalue weighted by molar-refractivity contribution is 0.0224. The largest absolute Gasteiger partial charge is 0.456 e. The van der Waals surface area contributed by atoms with Crippen LogP contribution in [0.3, 0.4) is 0 Å². The smallest absolute Gasteiger partial charge is 0.340 e. The van der Waals surface area contributed by atoms with Gasteiger partial charge in [0.1, 0.15) is 11.5 Å². The summed E-state index contributed by atoms with van der Waals surface area (Å²) < 4.78 is 12.5. The van der Waals surface area contributed by atoms with E-state index in [-0.39, 0.29) is 5.97 Å². The van der Waals surface area contributed by atoms with Crippen LogP contribution >= 0.6 is 0 Å². The predicted molar refractivity (Wildman–Crippen MR) is 128 cm³/mol. The van der Waals surface area contributed by atoms with Crippen molar-refractivity contribution < 1.29 is 14.3 Å². The fraction of sp³-hybridized carbons (Fsp3) is 0.107. The second-order valence-corrected chi connectivity index (χ2v) is 8.12. The maximum absolute atomic E-state index is 13.0. The number of fused-ring (bicyclic) bond motifs is 6. The highest BCUT2D eigenvalue weighted by molar-refractivity contribution is 5.97. The number of nitrogens with one attached hydrogen (secondary N) is 1. The zero-order chi connectivity index (χ0) is 22.4. The fourth-order valence-corrected chi connectivity index (χ4v) is 4.78. The normalized spacial score (nSPS) is 17.4. The molecule has 4 aromatic carbocycles. The number of ether oxygens (including phenoxy) is 2. The van der Waals surface area contributed by atoms with E-state index in [4.69, 9.17) is 9.47 Å². The predicted octanol–water partition coefficient (Wildman–Crippen LogP) is 6.11. The van der Waals surface area contributed by atoms with Gasteiger partial charge in [0.15, 0.2) is 5.60 Å². The van der Waals surface area contributed by atoms with E-state index in [2.05, 4.69) is 29.5 Å². The fourth-order valence-electron chi connectivity index (χ4n) is 4.78. The first-order chi connectivity index (χ1) is 16.2. The number of hydrogen-bond donors (Lipinski definition) is 1. The molecule has 162 valence electrons. The van der Waals surface area contributed by atoms with E-state index in [1.165, 1.54) is 0 Å². The average molecular weight is 434 g/mol. The lowest BCUT2D eigenvalue weighted by Crippen LogP contribution is -2.34. The summed E-state index contributed by atoms with van der Waals surface area (Å²) in [6.07, 6.45) is 0. The summed E-state index contributed by atoms with van der Waals surface area (Å²) in [7, 11) is 0. The number of hydrazine groups is 1. The van der Waals surface area contributed by atoms with Crippen molar-refractivity contribution in [3.63, 3.8) is 0 Å². The van der Waals surface area contributed by atoms with Crippen LogP contribution in [0.15, 0.2) is 97.1 Å². The second-order valence-electron chi connectivity index (χ2n) is 8.12. The first-order valence-corrected chi connectivity index (χ1v) is 11.0. The van der Waals surface area contributed by atoms with Crippen molar-refractivity contribution >= 4 is 17.3 Å². The first-order valence-electron chi connectivity index (χ1n) is 11.0. The molecule has 2 aliphatic rings. The van der Waals surface area contributed by atoms with Crippen LogP contribution < -0.4 is 15.2 Å². The molecule has 5 heteroatoms. The molecule has 1 atom stereocenters. The molecule has 0 saturated carbocycles. The van der Waals surface area contributed by atoms with E-state index in [9.17, 15) is 4.79 Å². The van der Waals surface area contributed by atoms with Gasteiger partial charge in [-0.3, -0.25) is 10.4 Å². The van der Waals surface area contributed by atoms with Gasteiger partial charge in [-0.1, -0.05) is 54.6 Å². The molecular formula is C28H22N2O3. The Morgan fingerprint density at radius 2 is 1.48 bits per heavy atom. The van der Waals surface area contributed by atoms with E-state index in [1.54, 1.807) is 0 Å². The van der Waals surface area contributed by atoms with Gasteiger partial charge in [-0.25, -0.2) is 4.79 Å². The molecule has 1 N–H and O–H groups in total. The van der Waals surface area contributed by atoms with Crippen LogP contribution in [0.4, 0.5) is 11.4 Å². The van der Waals surface area contributed by atoms with Crippen LogP contribution in [0.25, 0.3) is 0 Å². The van der Waals surface area contributed by atoms with Gasteiger partial charge in [0.05, 0.1) is 16.9 Å². The van der Waals surface area contributed by atoms with Gasteiger partial charge in [-0.05, 0) is 49.4 Å². The molecule has 0 aromatic heterocycles. The number of benzene rings is 4. The summed E-state index contributed by atoms with van der Waals surface area (Å²) in [5.74, 6) is 1.03. The van der Waals surface area contributed by atoms with Crippen LogP contribution in [-0.4, -0.2) is 12.5 Å². The number of hydrogen-bond acceptors (Lipinski definition) is 5. The molecule has 4 aromatic rings. The Morgan fingerprint density at radius 3 is 2.30 bits per heavy atom. The Kier molecular flexibility index (Phi) is 4.37. The molecule has 5 nitrogen and oxygen atoms in total. The monoisotopic (exact) mass is 434 g/mol. The molecule has 0 bridgehead atoms. The van der Waals surface area contributed by atoms with Gasteiger partial charge in [0.25, 0.3) is 0 Å². The summed E-state index contributed by atoms with van der Waals surface area (Å²) in [4.78, 5) is 13.0. The Balaban J connectivity index is 1.51. The Labute approximate surface area is 192 Å². The highest BCUT2D eigenvalue weighted by Gasteiger charge is 2.53. The Hall–Kier alpha value is -4.25. The number of carbonyl (C=O) groups excluding carboxylic acids is 1. The Morgan fingerprint density at radius 1 is 0.788 bits per heavy atom. The van der Waals surface area contributed by atoms with E-state index in [0.29, 0.717) is 17.1 Å². The molecule has 33 heavy (non-hydrogen) atoms. The van der Waals surface area contributed by atoms with Crippen molar-refractivity contribution in [2.24, 2.45) is 0 Å². The van der Waals surface area contributed by atoms with E-state index >= 15 is 0 Å². The lowest BCUT2D eigenvalue weighted by atomic mass is 9.77. The second kappa shape index (κ2) is 7.41. The summed E-state index contributed by atoms with van der Waals surface area (Å²) in [5, 5.41) is 2.07. The number of carbonyl (C=O) groups is 1. The number of para-hydroxylation sites is 2. The van der Waals surface area contributed by atoms with Crippen molar-refractivity contribution in [1.82, 2.24) is 0 Å². The number of anilines is 2. The van der Waals surface area contributed by atoms with Crippen LogP contribution in [-0.2, 0) is 10.3 Å². The highest BCUT2D eigenvalue weighted by Crippen LogP contribution is 2.56. The number of esters is 1. The average Bonchev–Trinajstić information content (AvgIpc) is 3.16. The van der Waals surface area contributed by atoms with Crippen LogP contribution in [0, 0.1) is 0 Å². The molecule has 0 fully saturated rings. The summed E-state index contributed by atoms with van der Waals surface area (Å²) >= 11 is 0. The van der Waals surface area contributed by atoms with E-state index in [1.807, 2.05) is 84.9 Å². The molecular weight excluding hydrogens is 412 g/mol. The van der Waals surface area contributed by atoms with Crippen molar-refractivity contribution in [3.8, 4) is 11.5 Å².